The first-order valence-corrected chi connectivity index (χ1v) is 12.4. The van der Waals surface area contributed by atoms with Crippen LogP contribution in [0.3, 0.4) is 0 Å². The van der Waals surface area contributed by atoms with E-state index in [0.29, 0.717) is 12.2 Å². The van der Waals surface area contributed by atoms with Crippen molar-refractivity contribution in [1.82, 2.24) is 5.32 Å². The second-order valence-electron chi connectivity index (χ2n) is 8.75. The van der Waals surface area contributed by atoms with Gasteiger partial charge in [0.25, 0.3) is 5.91 Å². The van der Waals surface area contributed by atoms with E-state index >= 15 is 0 Å². The number of ether oxygens (including phenoxy) is 4. The summed E-state index contributed by atoms with van der Waals surface area (Å²) >= 11 is 0. The minimum atomic E-state index is -1.29. The molecule has 7 heteroatoms. The predicted octanol–water partition coefficient (Wildman–Crippen LogP) is 3.88. The molecule has 2 N–H and O–H groups in total. The fourth-order valence-corrected chi connectivity index (χ4v) is 4.23. The molecule has 7 nitrogen and oxygen atoms in total. The maximum absolute atomic E-state index is 12.7. The van der Waals surface area contributed by atoms with Gasteiger partial charge in [0.1, 0.15) is 24.4 Å². The molecule has 1 aliphatic heterocycles. The van der Waals surface area contributed by atoms with Crippen LogP contribution in [-0.4, -0.2) is 54.9 Å². The largest absolute Gasteiger partial charge is 0.369 e. The summed E-state index contributed by atoms with van der Waals surface area (Å²) in [5.74, 6) is -0.245. The first-order valence-electron chi connectivity index (χ1n) is 12.4. The number of amides is 1. The van der Waals surface area contributed by atoms with Crippen LogP contribution in [0.1, 0.15) is 21.5 Å². The van der Waals surface area contributed by atoms with Gasteiger partial charge in [-0.15, -0.1) is 6.58 Å². The molecule has 0 radical (unpaired) electrons. The predicted molar refractivity (Wildman–Crippen MR) is 140 cm³/mol. The quantitative estimate of drug-likeness (QED) is 0.365. The van der Waals surface area contributed by atoms with E-state index in [1.54, 1.807) is 30.3 Å². The van der Waals surface area contributed by atoms with Gasteiger partial charge < -0.3 is 29.4 Å². The summed E-state index contributed by atoms with van der Waals surface area (Å²) in [5, 5.41) is 13.9. The van der Waals surface area contributed by atoms with Crippen molar-refractivity contribution < 1.29 is 28.8 Å². The van der Waals surface area contributed by atoms with Crippen molar-refractivity contribution in [3.05, 3.63) is 120 Å². The molecule has 1 fully saturated rings. The van der Waals surface area contributed by atoms with Gasteiger partial charge >= 0.3 is 0 Å². The monoisotopic (exact) mass is 503 g/mol. The van der Waals surface area contributed by atoms with Gasteiger partial charge in [0.2, 0.25) is 0 Å². The highest BCUT2D eigenvalue weighted by atomic mass is 16.7. The maximum atomic E-state index is 12.7. The summed E-state index contributed by atoms with van der Waals surface area (Å²) in [4.78, 5) is 12.7. The number of nitrogens with one attached hydrogen (secondary N) is 1. The molecule has 4 rings (SSSR count). The lowest BCUT2D eigenvalue weighted by Gasteiger charge is -2.44. The summed E-state index contributed by atoms with van der Waals surface area (Å²) < 4.78 is 24.5. The van der Waals surface area contributed by atoms with Crippen molar-refractivity contribution in [2.24, 2.45) is 0 Å². The lowest BCUT2D eigenvalue weighted by atomic mass is 9.97. The molecule has 0 aliphatic carbocycles. The second-order valence-corrected chi connectivity index (χ2v) is 8.75. The molecule has 0 spiro atoms. The Morgan fingerprint density at radius 3 is 1.92 bits per heavy atom. The van der Waals surface area contributed by atoms with Crippen LogP contribution in [0.15, 0.2) is 104 Å². The molecule has 1 heterocycles. The first-order chi connectivity index (χ1) is 18.2. The summed E-state index contributed by atoms with van der Waals surface area (Å²) in [7, 11) is 0. The Hall–Kier alpha value is -3.33. The van der Waals surface area contributed by atoms with Gasteiger partial charge in [0.15, 0.2) is 6.29 Å². The van der Waals surface area contributed by atoms with Crippen molar-refractivity contribution >= 4 is 5.91 Å². The van der Waals surface area contributed by atoms with Crippen LogP contribution in [-0.2, 0) is 32.2 Å². The van der Waals surface area contributed by atoms with Gasteiger partial charge in [-0.2, -0.15) is 0 Å². The van der Waals surface area contributed by atoms with Crippen molar-refractivity contribution in [3.8, 4) is 0 Å². The molecular formula is C30H33NO6. The number of aliphatic hydroxyl groups is 1. The zero-order chi connectivity index (χ0) is 25.9. The standard InChI is InChI=1S/C30H33NO6/c1-2-18-34-26-25(19-31-29(32)24-16-10-5-11-17-24)37-30(33)28(36-21-23-14-8-4-9-15-23)27(26)35-20-22-12-6-3-7-13-22/h2-17,25-28,30,33H,1,18-21H2,(H,31,32)/t25-,26-,27+,28-,30+/m1/s1. The van der Waals surface area contributed by atoms with Gasteiger partial charge in [-0.05, 0) is 23.3 Å². The van der Waals surface area contributed by atoms with Gasteiger partial charge in [-0.25, -0.2) is 0 Å². The minimum Gasteiger partial charge on any atom is -0.369 e. The van der Waals surface area contributed by atoms with Crippen LogP contribution in [0.25, 0.3) is 0 Å². The van der Waals surface area contributed by atoms with E-state index in [1.165, 1.54) is 0 Å². The zero-order valence-corrected chi connectivity index (χ0v) is 20.6. The Labute approximate surface area is 217 Å². The van der Waals surface area contributed by atoms with Crippen LogP contribution < -0.4 is 5.32 Å². The third kappa shape index (κ3) is 7.58. The lowest BCUT2D eigenvalue weighted by molar-refractivity contribution is -0.307. The van der Waals surface area contributed by atoms with Crippen molar-refractivity contribution in [1.29, 1.82) is 0 Å². The van der Waals surface area contributed by atoms with E-state index in [9.17, 15) is 9.90 Å². The molecule has 1 amide bonds. The molecular weight excluding hydrogens is 470 g/mol. The molecule has 0 aromatic heterocycles. The number of carbonyl (C=O) groups excluding carboxylic acids is 1. The topological polar surface area (TPSA) is 86.2 Å². The first kappa shape index (κ1) is 26.7. The molecule has 5 atom stereocenters. The third-order valence-electron chi connectivity index (χ3n) is 6.09. The number of hydrogen-bond donors (Lipinski definition) is 2. The molecule has 0 unspecified atom stereocenters. The number of carbonyl (C=O) groups is 1. The van der Waals surface area contributed by atoms with Crippen LogP contribution >= 0.6 is 0 Å². The number of aliphatic hydroxyl groups excluding tert-OH is 1. The molecule has 1 aliphatic rings. The van der Waals surface area contributed by atoms with Gasteiger partial charge in [-0.1, -0.05) is 84.9 Å². The Bertz CT molecular complexity index is 1090. The highest BCUT2D eigenvalue weighted by molar-refractivity contribution is 5.94. The highest BCUT2D eigenvalue weighted by Gasteiger charge is 2.47. The van der Waals surface area contributed by atoms with Crippen LogP contribution in [0.2, 0.25) is 0 Å². The van der Waals surface area contributed by atoms with Crippen molar-refractivity contribution in [2.75, 3.05) is 13.2 Å². The fraction of sp³-hybridized carbons (Fsp3) is 0.300. The molecule has 1 saturated heterocycles. The Morgan fingerprint density at radius 1 is 0.811 bits per heavy atom. The van der Waals surface area contributed by atoms with Gasteiger partial charge in [-0.3, -0.25) is 4.79 Å². The van der Waals surface area contributed by atoms with E-state index in [-0.39, 0.29) is 25.7 Å². The summed E-state index contributed by atoms with van der Waals surface area (Å²) in [6, 6.07) is 28.3. The lowest BCUT2D eigenvalue weighted by Crippen LogP contribution is -2.62. The van der Waals surface area contributed by atoms with Crippen LogP contribution in [0.4, 0.5) is 0 Å². The normalized spacial score (nSPS) is 23.3. The average Bonchev–Trinajstić information content (AvgIpc) is 2.95. The Balaban J connectivity index is 1.52. The molecule has 0 saturated carbocycles. The molecule has 37 heavy (non-hydrogen) atoms. The summed E-state index contributed by atoms with van der Waals surface area (Å²) in [6.45, 7) is 4.67. The number of hydrogen-bond acceptors (Lipinski definition) is 6. The minimum absolute atomic E-state index is 0.114. The van der Waals surface area contributed by atoms with E-state index in [2.05, 4.69) is 11.9 Å². The molecule has 3 aromatic rings. The summed E-state index contributed by atoms with van der Waals surface area (Å²) in [6.07, 6.45) is -2.46. The SMILES string of the molecule is C=CCO[C@H]1[C@H](OCc2ccccc2)[C@@H](OCc2ccccc2)[C@@H](O)O[C@@H]1CNC(=O)c1ccccc1. The summed E-state index contributed by atoms with van der Waals surface area (Å²) in [5.41, 5.74) is 2.46. The molecule has 0 bridgehead atoms. The molecule has 3 aromatic carbocycles. The van der Waals surface area contributed by atoms with Crippen LogP contribution in [0.5, 0.6) is 0 Å². The second kappa shape index (κ2) is 13.8. The van der Waals surface area contributed by atoms with Crippen molar-refractivity contribution in [2.45, 2.75) is 43.9 Å². The Kier molecular flexibility index (Phi) is 9.99. The van der Waals surface area contributed by atoms with E-state index in [4.69, 9.17) is 18.9 Å². The Morgan fingerprint density at radius 2 is 1.35 bits per heavy atom. The maximum Gasteiger partial charge on any atom is 0.251 e. The third-order valence-corrected chi connectivity index (χ3v) is 6.09. The number of benzene rings is 3. The molecule has 194 valence electrons. The van der Waals surface area contributed by atoms with E-state index < -0.39 is 30.7 Å². The van der Waals surface area contributed by atoms with Gasteiger partial charge in [0, 0.05) is 12.1 Å². The average molecular weight is 504 g/mol. The highest BCUT2D eigenvalue weighted by Crippen LogP contribution is 2.29. The number of rotatable bonds is 12. The zero-order valence-electron chi connectivity index (χ0n) is 20.6. The van der Waals surface area contributed by atoms with E-state index in [1.807, 2.05) is 66.7 Å². The van der Waals surface area contributed by atoms with E-state index in [0.717, 1.165) is 11.1 Å². The smallest absolute Gasteiger partial charge is 0.251 e. The fourth-order valence-electron chi connectivity index (χ4n) is 4.23. The van der Waals surface area contributed by atoms with Crippen LogP contribution in [0, 0.1) is 0 Å². The van der Waals surface area contributed by atoms with Gasteiger partial charge in [0.05, 0.1) is 19.8 Å². The van der Waals surface area contributed by atoms with Crippen molar-refractivity contribution in [3.63, 3.8) is 0 Å².